The summed E-state index contributed by atoms with van der Waals surface area (Å²) in [5, 5.41) is 0. The minimum atomic E-state index is 0.0568. The number of hydrogen-bond donors (Lipinski definition) is 0. The predicted octanol–water partition coefficient (Wildman–Crippen LogP) is 3.69. The topological polar surface area (TPSA) is 12.5 Å². The van der Waals surface area contributed by atoms with Crippen molar-refractivity contribution in [2.24, 2.45) is 5.41 Å². The highest BCUT2D eigenvalue weighted by Gasteiger charge is 2.66. The lowest BCUT2D eigenvalue weighted by Crippen LogP contribution is -2.40. The predicted molar refractivity (Wildman–Crippen MR) is 59.3 cm³/mol. The first-order valence-electron chi connectivity index (χ1n) is 5.90. The lowest BCUT2D eigenvalue weighted by molar-refractivity contribution is 0.130. The second kappa shape index (κ2) is 3.10. The highest BCUT2D eigenvalue weighted by Crippen LogP contribution is 2.61. The molecule has 0 bridgehead atoms. The van der Waals surface area contributed by atoms with Gasteiger partial charge in [-0.2, -0.15) is 0 Å². The van der Waals surface area contributed by atoms with E-state index in [1.807, 2.05) is 0 Å². The van der Waals surface area contributed by atoms with Crippen LogP contribution in [0.15, 0.2) is 12.2 Å². The SMILES string of the molecule is C=C1CCCC(C)(C)C12OC2CCC. The van der Waals surface area contributed by atoms with Gasteiger partial charge in [-0.15, -0.1) is 0 Å². The van der Waals surface area contributed by atoms with Crippen molar-refractivity contribution in [1.82, 2.24) is 0 Å². The maximum absolute atomic E-state index is 6.01. The van der Waals surface area contributed by atoms with Crippen LogP contribution in [0.5, 0.6) is 0 Å². The Kier molecular flexibility index (Phi) is 2.26. The van der Waals surface area contributed by atoms with Crippen molar-refractivity contribution in [3.8, 4) is 0 Å². The quantitative estimate of drug-likeness (QED) is 0.482. The van der Waals surface area contributed by atoms with Gasteiger partial charge in [-0.1, -0.05) is 33.8 Å². The third kappa shape index (κ3) is 1.18. The molecule has 1 saturated heterocycles. The van der Waals surface area contributed by atoms with Gasteiger partial charge in [-0.25, -0.2) is 0 Å². The molecule has 1 spiro atoms. The number of rotatable bonds is 2. The van der Waals surface area contributed by atoms with Gasteiger partial charge in [0.1, 0.15) is 5.60 Å². The van der Waals surface area contributed by atoms with Gasteiger partial charge in [-0.3, -0.25) is 0 Å². The molecule has 14 heavy (non-hydrogen) atoms. The molecular formula is C13H22O. The first-order chi connectivity index (χ1) is 6.54. The molecule has 0 N–H and O–H groups in total. The van der Waals surface area contributed by atoms with E-state index >= 15 is 0 Å². The lowest BCUT2D eigenvalue weighted by atomic mass is 9.64. The first-order valence-corrected chi connectivity index (χ1v) is 5.90. The summed E-state index contributed by atoms with van der Waals surface area (Å²) in [7, 11) is 0. The van der Waals surface area contributed by atoms with Gasteiger partial charge in [0.05, 0.1) is 6.10 Å². The van der Waals surface area contributed by atoms with Gasteiger partial charge in [0, 0.05) is 5.41 Å². The Hall–Kier alpha value is -0.300. The second-order valence-corrected chi connectivity index (χ2v) is 5.47. The zero-order valence-corrected chi connectivity index (χ0v) is 9.73. The van der Waals surface area contributed by atoms with E-state index in [0.717, 1.165) is 0 Å². The number of hydrogen-bond acceptors (Lipinski definition) is 1. The Morgan fingerprint density at radius 2 is 2.21 bits per heavy atom. The Labute approximate surface area is 87.5 Å². The van der Waals surface area contributed by atoms with Crippen LogP contribution in [0.1, 0.15) is 52.9 Å². The Morgan fingerprint density at radius 1 is 1.50 bits per heavy atom. The maximum Gasteiger partial charge on any atom is 0.121 e. The van der Waals surface area contributed by atoms with Crippen LogP contribution in [-0.4, -0.2) is 11.7 Å². The molecule has 2 rings (SSSR count). The van der Waals surface area contributed by atoms with Gasteiger partial charge in [0.15, 0.2) is 0 Å². The molecule has 1 nitrogen and oxygen atoms in total. The van der Waals surface area contributed by atoms with E-state index in [4.69, 9.17) is 4.74 Å². The van der Waals surface area contributed by atoms with E-state index in [2.05, 4.69) is 27.4 Å². The van der Waals surface area contributed by atoms with Crippen LogP contribution in [0.3, 0.4) is 0 Å². The summed E-state index contributed by atoms with van der Waals surface area (Å²) >= 11 is 0. The van der Waals surface area contributed by atoms with E-state index in [0.29, 0.717) is 11.5 Å². The molecule has 80 valence electrons. The number of ether oxygens (including phenoxy) is 1. The summed E-state index contributed by atoms with van der Waals surface area (Å²) in [6, 6.07) is 0. The summed E-state index contributed by atoms with van der Waals surface area (Å²) < 4.78 is 6.01. The van der Waals surface area contributed by atoms with Gasteiger partial charge in [-0.05, 0) is 31.3 Å². The summed E-state index contributed by atoms with van der Waals surface area (Å²) in [6.45, 7) is 11.1. The molecule has 2 aliphatic rings. The molecular weight excluding hydrogens is 172 g/mol. The van der Waals surface area contributed by atoms with Crippen LogP contribution in [0.4, 0.5) is 0 Å². The molecule has 0 aromatic heterocycles. The van der Waals surface area contributed by atoms with Crippen LogP contribution in [0.2, 0.25) is 0 Å². The van der Waals surface area contributed by atoms with Crippen molar-refractivity contribution in [2.45, 2.75) is 64.6 Å². The second-order valence-electron chi connectivity index (χ2n) is 5.47. The van der Waals surface area contributed by atoms with E-state index in [1.54, 1.807) is 0 Å². The third-order valence-electron chi connectivity index (χ3n) is 4.09. The zero-order valence-electron chi connectivity index (χ0n) is 9.73. The van der Waals surface area contributed by atoms with Crippen molar-refractivity contribution in [2.75, 3.05) is 0 Å². The minimum absolute atomic E-state index is 0.0568. The molecule has 2 fully saturated rings. The minimum Gasteiger partial charge on any atom is -0.361 e. The monoisotopic (exact) mass is 194 g/mol. The molecule has 1 heterocycles. The standard InChI is InChI=1S/C13H22O/c1-5-7-11-13(14-11)10(2)8-6-9-12(13,3)4/h11H,2,5-9H2,1,3-4H3. The Balaban J connectivity index is 2.19. The van der Waals surface area contributed by atoms with Crippen LogP contribution >= 0.6 is 0 Å². The number of epoxide rings is 1. The molecule has 2 unspecified atom stereocenters. The fourth-order valence-corrected chi connectivity index (χ4v) is 3.21. The first kappa shape index (κ1) is 10.2. The average Bonchev–Trinajstić information content (AvgIpc) is 2.79. The van der Waals surface area contributed by atoms with Crippen LogP contribution in [0, 0.1) is 5.41 Å². The van der Waals surface area contributed by atoms with Gasteiger partial charge < -0.3 is 4.74 Å². The molecule has 1 aliphatic carbocycles. The zero-order chi connectivity index (χ0) is 10.4. The summed E-state index contributed by atoms with van der Waals surface area (Å²) in [6.07, 6.45) is 6.62. The molecule has 1 saturated carbocycles. The Morgan fingerprint density at radius 3 is 2.79 bits per heavy atom. The van der Waals surface area contributed by atoms with Crippen molar-refractivity contribution >= 4 is 0 Å². The van der Waals surface area contributed by atoms with Gasteiger partial charge in [0.2, 0.25) is 0 Å². The summed E-state index contributed by atoms with van der Waals surface area (Å²) in [4.78, 5) is 0. The lowest BCUT2D eigenvalue weighted by Gasteiger charge is -2.38. The van der Waals surface area contributed by atoms with E-state index in [9.17, 15) is 0 Å². The van der Waals surface area contributed by atoms with Crippen molar-refractivity contribution in [3.63, 3.8) is 0 Å². The van der Waals surface area contributed by atoms with Gasteiger partial charge >= 0.3 is 0 Å². The maximum atomic E-state index is 6.01. The summed E-state index contributed by atoms with van der Waals surface area (Å²) in [5.74, 6) is 0. The average molecular weight is 194 g/mol. The van der Waals surface area contributed by atoms with Crippen LogP contribution < -0.4 is 0 Å². The summed E-state index contributed by atoms with van der Waals surface area (Å²) in [5.41, 5.74) is 1.72. The van der Waals surface area contributed by atoms with Crippen LogP contribution in [-0.2, 0) is 4.74 Å². The molecule has 1 aliphatic heterocycles. The fourth-order valence-electron chi connectivity index (χ4n) is 3.21. The van der Waals surface area contributed by atoms with Crippen molar-refractivity contribution in [1.29, 1.82) is 0 Å². The third-order valence-corrected chi connectivity index (χ3v) is 4.09. The largest absolute Gasteiger partial charge is 0.361 e. The van der Waals surface area contributed by atoms with E-state index < -0.39 is 0 Å². The molecule has 0 aromatic carbocycles. The Bertz CT molecular complexity index is 254. The van der Waals surface area contributed by atoms with Crippen LogP contribution in [0.25, 0.3) is 0 Å². The molecule has 1 heteroatoms. The smallest absolute Gasteiger partial charge is 0.121 e. The van der Waals surface area contributed by atoms with Crippen molar-refractivity contribution < 1.29 is 4.74 Å². The van der Waals surface area contributed by atoms with E-state index in [-0.39, 0.29) is 5.60 Å². The highest BCUT2D eigenvalue weighted by molar-refractivity contribution is 5.32. The normalized spacial score (nSPS) is 40.2. The molecule has 0 radical (unpaired) electrons. The highest BCUT2D eigenvalue weighted by atomic mass is 16.6. The fraction of sp³-hybridized carbons (Fsp3) is 0.846. The molecule has 0 aromatic rings. The molecule has 0 amide bonds. The van der Waals surface area contributed by atoms with Crippen molar-refractivity contribution in [3.05, 3.63) is 12.2 Å². The molecule has 2 atom stereocenters. The van der Waals surface area contributed by atoms with E-state index in [1.165, 1.54) is 37.7 Å². The van der Waals surface area contributed by atoms with Gasteiger partial charge in [0.25, 0.3) is 0 Å².